The van der Waals surface area contributed by atoms with Crippen molar-refractivity contribution in [2.45, 2.75) is 39.2 Å². The lowest BCUT2D eigenvalue weighted by atomic mass is 10.0. The van der Waals surface area contributed by atoms with Crippen LogP contribution in [0.15, 0.2) is 6.07 Å². The molecule has 1 fully saturated rings. The van der Waals surface area contributed by atoms with Gasteiger partial charge in [-0.3, -0.25) is 0 Å². The Kier molecular flexibility index (Phi) is 6.33. The fourth-order valence-electron chi connectivity index (χ4n) is 2.61. The number of hydrogen-bond donors (Lipinski definition) is 2. The van der Waals surface area contributed by atoms with Crippen molar-refractivity contribution >= 4 is 29.1 Å². The van der Waals surface area contributed by atoms with E-state index < -0.39 is 0 Å². The third-order valence-corrected chi connectivity index (χ3v) is 4.00. The average Bonchev–Trinajstić information content (AvgIpc) is 2.47. The van der Waals surface area contributed by atoms with Crippen molar-refractivity contribution in [3.05, 3.63) is 11.8 Å². The quantitative estimate of drug-likeness (QED) is 0.635. The van der Waals surface area contributed by atoms with Crippen LogP contribution in [0, 0.1) is 6.92 Å². The molecule has 1 saturated heterocycles. The van der Waals surface area contributed by atoms with Crippen LogP contribution in [-0.4, -0.2) is 47.9 Å². The number of hydrogen-bond acceptors (Lipinski definition) is 5. The Morgan fingerprint density at radius 1 is 1.45 bits per heavy atom. The van der Waals surface area contributed by atoms with Gasteiger partial charge in [-0.1, -0.05) is 0 Å². The van der Waals surface area contributed by atoms with Gasteiger partial charge in [-0.05, 0) is 45.3 Å². The van der Waals surface area contributed by atoms with Gasteiger partial charge in [-0.2, -0.15) is 4.98 Å². The van der Waals surface area contributed by atoms with Crippen LogP contribution in [0.4, 0.5) is 11.8 Å². The van der Waals surface area contributed by atoms with Crippen LogP contribution >= 0.6 is 12.2 Å². The highest BCUT2D eigenvalue weighted by Gasteiger charge is 2.20. The van der Waals surface area contributed by atoms with Gasteiger partial charge in [0.1, 0.15) is 5.82 Å². The highest BCUT2D eigenvalue weighted by molar-refractivity contribution is 7.80. The maximum absolute atomic E-state index is 5.24. The van der Waals surface area contributed by atoms with Gasteiger partial charge in [-0.15, -0.1) is 0 Å². The van der Waals surface area contributed by atoms with Crippen molar-refractivity contribution in [1.29, 1.82) is 0 Å². The van der Waals surface area contributed by atoms with Crippen LogP contribution in [-0.2, 0) is 4.74 Å². The molecule has 1 aliphatic heterocycles. The third kappa shape index (κ3) is 4.78. The Morgan fingerprint density at radius 3 is 3.00 bits per heavy atom. The van der Waals surface area contributed by atoms with Gasteiger partial charge < -0.3 is 20.3 Å². The highest BCUT2D eigenvalue weighted by atomic mass is 32.1. The molecule has 2 rings (SSSR count). The fourth-order valence-corrected chi connectivity index (χ4v) is 2.80. The van der Waals surface area contributed by atoms with E-state index in [-0.39, 0.29) is 0 Å². The molecule has 1 aromatic heterocycles. The van der Waals surface area contributed by atoms with Crippen molar-refractivity contribution in [3.63, 3.8) is 0 Å². The van der Waals surface area contributed by atoms with E-state index >= 15 is 0 Å². The normalized spacial score (nSPS) is 18.1. The molecule has 0 radical (unpaired) electrons. The molecule has 2 N–H and O–H groups in total. The summed E-state index contributed by atoms with van der Waals surface area (Å²) in [5.74, 6) is 1.52. The van der Waals surface area contributed by atoms with E-state index in [4.69, 9.17) is 17.0 Å². The van der Waals surface area contributed by atoms with Crippen LogP contribution in [0.3, 0.4) is 0 Å². The van der Waals surface area contributed by atoms with E-state index in [0.717, 1.165) is 18.1 Å². The average molecular weight is 323 g/mol. The SMILES string of the molecule is COCCNC(=S)Nc1nc(C)cc(N2CCCC[C@@H]2C)n1. The molecule has 0 aromatic carbocycles. The summed E-state index contributed by atoms with van der Waals surface area (Å²) >= 11 is 5.24. The van der Waals surface area contributed by atoms with Crippen molar-refractivity contribution in [1.82, 2.24) is 15.3 Å². The topological polar surface area (TPSA) is 62.3 Å². The lowest BCUT2D eigenvalue weighted by Gasteiger charge is -2.34. The molecular formula is C15H25N5OS. The molecule has 1 atom stereocenters. The number of thiocarbonyl (C=S) groups is 1. The standard InChI is InChI=1S/C15H25N5OS/c1-11-10-13(20-8-5-4-6-12(20)2)18-14(17-11)19-15(22)16-7-9-21-3/h10,12H,4-9H2,1-3H3,(H2,16,17,18,19,22)/t12-/m0/s1. The first kappa shape index (κ1) is 16.9. The largest absolute Gasteiger partial charge is 0.383 e. The van der Waals surface area contributed by atoms with E-state index in [9.17, 15) is 0 Å². The molecule has 0 unspecified atom stereocenters. The zero-order valence-corrected chi connectivity index (χ0v) is 14.4. The number of anilines is 2. The molecule has 22 heavy (non-hydrogen) atoms. The Morgan fingerprint density at radius 2 is 2.27 bits per heavy atom. The molecule has 0 amide bonds. The van der Waals surface area contributed by atoms with Gasteiger partial charge in [0.2, 0.25) is 5.95 Å². The Hall–Kier alpha value is -1.47. The van der Waals surface area contributed by atoms with Gasteiger partial charge >= 0.3 is 0 Å². The number of piperidine rings is 1. The van der Waals surface area contributed by atoms with E-state index in [1.54, 1.807) is 7.11 Å². The Labute approximate surface area is 137 Å². The zero-order chi connectivity index (χ0) is 15.9. The zero-order valence-electron chi connectivity index (χ0n) is 13.6. The summed E-state index contributed by atoms with van der Waals surface area (Å²) in [7, 11) is 1.66. The molecular weight excluding hydrogens is 298 g/mol. The number of nitrogens with one attached hydrogen (secondary N) is 2. The van der Waals surface area contributed by atoms with Crippen molar-refractivity contribution in [2.75, 3.05) is 37.0 Å². The monoisotopic (exact) mass is 323 g/mol. The molecule has 0 spiro atoms. The highest BCUT2D eigenvalue weighted by Crippen LogP contribution is 2.24. The number of aromatic nitrogens is 2. The smallest absolute Gasteiger partial charge is 0.231 e. The summed E-state index contributed by atoms with van der Waals surface area (Å²) in [6.45, 7) is 6.54. The summed E-state index contributed by atoms with van der Waals surface area (Å²) in [5, 5.41) is 6.63. The molecule has 0 bridgehead atoms. The van der Waals surface area contributed by atoms with Crippen LogP contribution in [0.25, 0.3) is 0 Å². The first-order valence-corrected chi connectivity index (χ1v) is 8.17. The van der Waals surface area contributed by atoms with Gasteiger partial charge in [0.15, 0.2) is 5.11 Å². The van der Waals surface area contributed by atoms with Gasteiger partial charge in [0, 0.05) is 38.0 Å². The predicted molar refractivity (Wildman–Crippen MR) is 93.5 cm³/mol. The van der Waals surface area contributed by atoms with E-state index in [1.165, 1.54) is 19.3 Å². The predicted octanol–water partition coefficient (Wildman–Crippen LogP) is 2.10. The minimum Gasteiger partial charge on any atom is -0.383 e. The molecule has 122 valence electrons. The second kappa shape index (κ2) is 8.24. The first-order valence-electron chi connectivity index (χ1n) is 7.76. The lowest BCUT2D eigenvalue weighted by Crippen LogP contribution is -2.38. The maximum Gasteiger partial charge on any atom is 0.231 e. The van der Waals surface area contributed by atoms with Crippen molar-refractivity contribution < 1.29 is 4.74 Å². The molecule has 0 aliphatic carbocycles. The second-order valence-corrected chi connectivity index (χ2v) is 6.01. The number of aryl methyl sites for hydroxylation is 1. The summed E-state index contributed by atoms with van der Waals surface area (Å²) in [6, 6.07) is 2.55. The van der Waals surface area contributed by atoms with E-state index in [0.29, 0.717) is 30.3 Å². The van der Waals surface area contributed by atoms with Gasteiger partial charge in [0.25, 0.3) is 0 Å². The van der Waals surface area contributed by atoms with E-state index in [1.807, 2.05) is 13.0 Å². The molecule has 0 saturated carbocycles. The summed E-state index contributed by atoms with van der Waals surface area (Å²) in [5.41, 5.74) is 0.935. The minimum atomic E-state index is 0.514. The Bertz CT molecular complexity index is 511. The molecule has 7 heteroatoms. The molecule has 2 heterocycles. The van der Waals surface area contributed by atoms with Crippen molar-refractivity contribution in [2.24, 2.45) is 0 Å². The van der Waals surface area contributed by atoms with Crippen LogP contribution in [0.1, 0.15) is 31.9 Å². The molecule has 1 aliphatic rings. The van der Waals surface area contributed by atoms with Crippen LogP contribution in [0.5, 0.6) is 0 Å². The Balaban J connectivity index is 2.04. The maximum atomic E-state index is 5.24. The summed E-state index contributed by atoms with van der Waals surface area (Å²) < 4.78 is 4.98. The third-order valence-electron chi connectivity index (χ3n) is 3.76. The number of rotatable bonds is 5. The number of methoxy groups -OCH3 is 1. The molecule has 6 nitrogen and oxygen atoms in total. The van der Waals surface area contributed by atoms with Gasteiger partial charge in [-0.25, -0.2) is 4.98 Å². The first-order chi connectivity index (χ1) is 10.6. The summed E-state index contributed by atoms with van der Waals surface area (Å²) in [4.78, 5) is 11.4. The number of ether oxygens (including phenoxy) is 1. The van der Waals surface area contributed by atoms with Crippen LogP contribution < -0.4 is 15.5 Å². The summed E-state index contributed by atoms with van der Waals surface area (Å²) in [6.07, 6.45) is 3.72. The van der Waals surface area contributed by atoms with Gasteiger partial charge in [0.05, 0.1) is 6.61 Å². The van der Waals surface area contributed by atoms with E-state index in [2.05, 4.69) is 32.4 Å². The molecule has 1 aromatic rings. The lowest BCUT2D eigenvalue weighted by molar-refractivity contribution is 0.204. The second-order valence-electron chi connectivity index (χ2n) is 5.60. The fraction of sp³-hybridized carbons (Fsp3) is 0.667. The number of nitrogens with zero attached hydrogens (tertiary/aromatic N) is 3. The van der Waals surface area contributed by atoms with Crippen LogP contribution in [0.2, 0.25) is 0 Å². The van der Waals surface area contributed by atoms with Crippen molar-refractivity contribution in [3.8, 4) is 0 Å². The minimum absolute atomic E-state index is 0.514.